The molecule has 3 aromatic heterocycles. The molecule has 1 saturated carbocycles. The highest BCUT2D eigenvalue weighted by atomic mass is 16.5. The predicted octanol–water partition coefficient (Wildman–Crippen LogP) is 3.59. The minimum Gasteiger partial charge on any atom is -0.471 e. The van der Waals surface area contributed by atoms with Crippen molar-refractivity contribution in [2.45, 2.75) is 65.0 Å². The molecule has 2 aliphatic rings. The molecule has 8 heteroatoms. The van der Waals surface area contributed by atoms with E-state index in [0.29, 0.717) is 5.88 Å². The van der Waals surface area contributed by atoms with E-state index < -0.39 is 0 Å². The van der Waals surface area contributed by atoms with Crippen LogP contribution in [0.25, 0.3) is 22.6 Å². The van der Waals surface area contributed by atoms with Gasteiger partial charge in [-0.1, -0.05) is 19.3 Å². The zero-order chi connectivity index (χ0) is 21.4. The number of hydrogen-bond acceptors (Lipinski definition) is 6. The molecule has 1 unspecified atom stereocenters. The Hall–Kier alpha value is -2.48. The van der Waals surface area contributed by atoms with E-state index in [-0.39, 0.29) is 6.10 Å². The monoisotopic (exact) mass is 423 g/mol. The van der Waals surface area contributed by atoms with Gasteiger partial charge in [0.15, 0.2) is 11.2 Å². The second-order valence-electron chi connectivity index (χ2n) is 9.10. The van der Waals surface area contributed by atoms with Crippen molar-refractivity contribution in [3.63, 3.8) is 0 Å². The summed E-state index contributed by atoms with van der Waals surface area (Å²) < 4.78 is 10.4. The van der Waals surface area contributed by atoms with Crippen molar-refractivity contribution in [3.8, 4) is 17.3 Å². The van der Waals surface area contributed by atoms with Crippen LogP contribution in [0, 0.1) is 12.8 Å². The third-order valence-corrected chi connectivity index (χ3v) is 7.01. The van der Waals surface area contributed by atoms with E-state index in [9.17, 15) is 0 Å². The van der Waals surface area contributed by atoms with Gasteiger partial charge in [0, 0.05) is 38.9 Å². The SMILES string of the molecule is CCn1ncc(-c2nc3c(OC4CCN(CC5CCCCC5)C4)ncnc3n2C)c1C. The first-order valence-corrected chi connectivity index (χ1v) is 11.7. The summed E-state index contributed by atoms with van der Waals surface area (Å²) in [5.74, 6) is 2.31. The highest BCUT2D eigenvalue weighted by Gasteiger charge is 2.28. The molecule has 4 heterocycles. The Morgan fingerprint density at radius 3 is 2.74 bits per heavy atom. The molecule has 1 aliphatic carbocycles. The summed E-state index contributed by atoms with van der Waals surface area (Å²) in [4.78, 5) is 16.4. The topological polar surface area (TPSA) is 73.9 Å². The van der Waals surface area contributed by atoms with E-state index in [0.717, 1.165) is 60.2 Å². The minimum absolute atomic E-state index is 0.164. The van der Waals surface area contributed by atoms with Gasteiger partial charge in [0.05, 0.1) is 11.8 Å². The highest BCUT2D eigenvalue weighted by Crippen LogP contribution is 2.30. The zero-order valence-electron chi connectivity index (χ0n) is 18.9. The van der Waals surface area contributed by atoms with Crippen LogP contribution in [0.2, 0.25) is 0 Å². The van der Waals surface area contributed by atoms with Gasteiger partial charge >= 0.3 is 0 Å². The lowest BCUT2D eigenvalue weighted by molar-refractivity contribution is 0.178. The molecule has 2 fully saturated rings. The lowest BCUT2D eigenvalue weighted by Crippen LogP contribution is -2.30. The van der Waals surface area contributed by atoms with Gasteiger partial charge in [0.1, 0.15) is 18.3 Å². The Kier molecular flexibility index (Phi) is 5.65. The molecule has 0 aromatic carbocycles. The molecule has 1 atom stereocenters. The van der Waals surface area contributed by atoms with Crippen LogP contribution >= 0.6 is 0 Å². The fraction of sp³-hybridized carbons (Fsp3) is 0.652. The first kappa shape index (κ1) is 20.4. The average Bonchev–Trinajstić information content (AvgIpc) is 3.47. The molecule has 0 N–H and O–H groups in total. The van der Waals surface area contributed by atoms with Crippen LogP contribution in [0.3, 0.4) is 0 Å². The molecular formula is C23H33N7O. The molecule has 0 radical (unpaired) electrons. The number of imidazole rings is 1. The second-order valence-corrected chi connectivity index (χ2v) is 9.10. The van der Waals surface area contributed by atoms with E-state index in [1.54, 1.807) is 6.33 Å². The Morgan fingerprint density at radius 1 is 1.13 bits per heavy atom. The van der Waals surface area contributed by atoms with Crippen molar-refractivity contribution < 1.29 is 4.74 Å². The van der Waals surface area contributed by atoms with E-state index in [2.05, 4.69) is 33.8 Å². The number of nitrogens with zero attached hydrogens (tertiary/aromatic N) is 7. The molecule has 31 heavy (non-hydrogen) atoms. The van der Waals surface area contributed by atoms with Crippen LogP contribution in [-0.4, -0.2) is 59.9 Å². The molecule has 1 saturated heterocycles. The van der Waals surface area contributed by atoms with Crippen molar-refractivity contribution in [1.82, 2.24) is 34.2 Å². The number of likely N-dealkylation sites (tertiary alicyclic amines) is 1. The Morgan fingerprint density at radius 2 is 1.97 bits per heavy atom. The highest BCUT2D eigenvalue weighted by molar-refractivity contribution is 5.81. The van der Waals surface area contributed by atoms with Crippen molar-refractivity contribution in [3.05, 3.63) is 18.2 Å². The molecule has 8 nitrogen and oxygen atoms in total. The molecule has 3 aromatic rings. The van der Waals surface area contributed by atoms with Crippen molar-refractivity contribution in [2.75, 3.05) is 19.6 Å². The first-order chi connectivity index (χ1) is 15.1. The van der Waals surface area contributed by atoms with Gasteiger partial charge in [0.2, 0.25) is 5.88 Å². The largest absolute Gasteiger partial charge is 0.471 e. The number of aromatic nitrogens is 6. The minimum atomic E-state index is 0.164. The summed E-state index contributed by atoms with van der Waals surface area (Å²) >= 11 is 0. The van der Waals surface area contributed by atoms with Crippen molar-refractivity contribution in [2.24, 2.45) is 13.0 Å². The lowest BCUT2D eigenvalue weighted by atomic mass is 9.89. The number of aryl methyl sites for hydroxylation is 2. The maximum Gasteiger partial charge on any atom is 0.245 e. The summed E-state index contributed by atoms with van der Waals surface area (Å²) in [5, 5.41) is 4.47. The van der Waals surface area contributed by atoms with E-state index in [4.69, 9.17) is 9.72 Å². The molecule has 5 rings (SSSR count). The standard InChI is InChI=1S/C23H33N7O/c1-4-30-16(2)19(12-26-30)21-27-20-22(28(21)3)24-15-25-23(20)31-18-10-11-29(14-18)13-17-8-6-5-7-9-17/h12,15,17-18H,4-11,13-14H2,1-3H3. The number of hydrogen-bond donors (Lipinski definition) is 0. The molecule has 0 amide bonds. The number of rotatable bonds is 6. The summed E-state index contributed by atoms with van der Waals surface area (Å²) in [6, 6.07) is 0. The molecule has 166 valence electrons. The maximum atomic E-state index is 6.38. The van der Waals surface area contributed by atoms with Crippen molar-refractivity contribution in [1.29, 1.82) is 0 Å². The quantitative estimate of drug-likeness (QED) is 0.603. The number of ether oxygens (including phenoxy) is 1. The fourth-order valence-electron chi connectivity index (χ4n) is 5.24. The van der Waals surface area contributed by atoms with Crippen LogP contribution in [0.15, 0.2) is 12.5 Å². The predicted molar refractivity (Wildman–Crippen MR) is 120 cm³/mol. The van der Waals surface area contributed by atoms with Gasteiger partial charge in [-0.2, -0.15) is 10.1 Å². The van der Waals surface area contributed by atoms with Crippen LogP contribution in [0.4, 0.5) is 0 Å². The smallest absolute Gasteiger partial charge is 0.245 e. The van der Waals surface area contributed by atoms with E-state index in [1.165, 1.54) is 38.6 Å². The van der Waals surface area contributed by atoms with Gasteiger partial charge < -0.3 is 9.30 Å². The van der Waals surface area contributed by atoms with Crippen molar-refractivity contribution >= 4 is 11.2 Å². The van der Waals surface area contributed by atoms with Crippen LogP contribution in [0.1, 0.15) is 51.1 Å². The fourth-order valence-corrected chi connectivity index (χ4v) is 5.24. The van der Waals surface area contributed by atoms with Gasteiger partial charge in [-0.15, -0.1) is 0 Å². The lowest BCUT2D eigenvalue weighted by Gasteiger charge is -2.26. The summed E-state index contributed by atoms with van der Waals surface area (Å²) in [6.45, 7) is 8.31. The molecule has 1 aliphatic heterocycles. The molecule has 0 bridgehead atoms. The van der Waals surface area contributed by atoms with Gasteiger partial charge in [0.25, 0.3) is 0 Å². The Balaban J connectivity index is 1.34. The van der Waals surface area contributed by atoms with Gasteiger partial charge in [-0.3, -0.25) is 9.58 Å². The Labute approximate surface area is 183 Å². The van der Waals surface area contributed by atoms with E-state index in [1.807, 2.05) is 22.5 Å². The normalized spacial score (nSPS) is 20.7. The maximum absolute atomic E-state index is 6.38. The Bertz CT molecular complexity index is 1050. The summed E-state index contributed by atoms with van der Waals surface area (Å²) in [7, 11) is 1.99. The third kappa shape index (κ3) is 3.93. The van der Waals surface area contributed by atoms with Gasteiger partial charge in [-0.25, -0.2) is 9.97 Å². The van der Waals surface area contributed by atoms with Gasteiger partial charge in [-0.05, 0) is 39.0 Å². The second kappa shape index (κ2) is 8.57. The zero-order valence-corrected chi connectivity index (χ0v) is 18.9. The van der Waals surface area contributed by atoms with Crippen LogP contribution in [-0.2, 0) is 13.6 Å². The number of fused-ring (bicyclic) bond motifs is 1. The molecule has 0 spiro atoms. The van der Waals surface area contributed by atoms with E-state index >= 15 is 0 Å². The summed E-state index contributed by atoms with van der Waals surface area (Å²) in [6.07, 6.45) is 11.7. The molecular weight excluding hydrogens is 390 g/mol. The third-order valence-electron chi connectivity index (χ3n) is 7.01. The summed E-state index contributed by atoms with van der Waals surface area (Å²) in [5.41, 5.74) is 3.65. The first-order valence-electron chi connectivity index (χ1n) is 11.7. The average molecular weight is 424 g/mol. The van der Waals surface area contributed by atoms with Crippen LogP contribution in [0.5, 0.6) is 5.88 Å². The van der Waals surface area contributed by atoms with Crippen LogP contribution < -0.4 is 4.74 Å².